The van der Waals surface area contributed by atoms with Crippen molar-refractivity contribution in [2.45, 2.75) is 51.6 Å². The Labute approximate surface area is 127 Å². The molecular formula is C18H26O3. The lowest BCUT2D eigenvalue weighted by atomic mass is 9.48. The number of ether oxygens (including phenoxy) is 2. The fraction of sp³-hybridized carbons (Fsp3) is 0.722. The zero-order valence-electron chi connectivity index (χ0n) is 13.0. The quantitative estimate of drug-likeness (QED) is 0.322. The summed E-state index contributed by atoms with van der Waals surface area (Å²) in [5, 5.41) is 0. The van der Waals surface area contributed by atoms with Gasteiger partial charge in [0.25, 0.3) is 0 Å². The first-order valence-corrected chi connectivity index (χ1v) is 8.13. The standard InChI is InChI=1S/C18H26O3/c1-4-12(2)20-11-21-17(19)13(3)18-8-14-5-15(9-18)7-16(6-14)10-18/h4,12,14-16H,1,3,5-11H2,2H3. The van der Waals surface area contributed by atoms with Gasteiger partial charge in [-0.25, -0.2) is 4.79 Å². The molecule has 1 unspecified atom stereocenters. The highest BCUT2D eigenvalue weighted by molar-refractivity contribution is 5.89. The van der Waals surface area contributed by atoms with Gasteiger partial charge in [-0.15, -0.1) is 6.58 Å². The van der Waals surface area contributed by atoms with E-state index < -0.39 is 0 Å². The first-order chi connectivity index (χ1) is 10.0. The van der Waals surface area contributed by atoms with Gasteiger partial charge < -0.3 is 9.47 Å². The molecule has 4 aliphatic carbocycles. The summed E-state index contributed by atoms with van der Waals surface area (Å²) in [5.74, 6) is 2.14. The van der Waals surface area contributed by atoms with Crippen molar-refractivity contribution >= 4 is 5.97 Å². The SMILES string of the molecule is C=CC(C)OCOC(=O)C(=C)C12CC3CC(CC(C3)C1)C2. The van der Waals surface area contributed by atoms with Crippen LogP contribution in [-0.4, -0.2) is 18.9 Å². The third-order valence-electron chi connectivity index (χ3n) is 5.78. The summed E-state index contributed by atoms with van der Waals surface area (Å²) in [7, 11) is 0. The van der Waals surface area contributed by atoms with E-state index in [9.17, 15) is 4.79 Å². The smallest absolute Gasteiger partial charge is 0.336 e. The summed E-state index contributed by atoms with van der Waals surface area (Å²) in [5.41, 5.74) is 0.715. The average molecular weight is 290 g/mol. The van der Waals surface area contributed by atoms with Crippen molar-refractivity contribution in [3.05, 3.63) is 24.8 Å². The van der Waals surface area contributed by atoms with Gasteiger partial charge in [0.1, 0.15) is 0 Å². The van der Waals surface area contributed by atoms with E-state index in [2.05, 4.69) is 13.2 Å². The Morgan fingerprint density at radius 2 is 1.76 bits per heavy atom. The molecule has 0 saturated heterocycles. The Bertz CT molecular complexity index is 416. The third kappa shape index (κ3) is 2.80. The lowest BCUT2D eigenvalue weighted by Gasteiger charge is -2.57. The number of carbonyl (C=O) groups excluding carboxylic acids is 1. The largest absolute Gasteiger partial charge is 0.435 e. The second-order valence-corrected chi connectivity index (χ2v) is 7.33. The van der Waals surface area contributed by atoms with E-state index in [0.29, 0.717) is 5.57 Å². The molecule has 0 aliphatic heterocycles. The first kappa shape index (κ1) is 14.8. The van der Waals surface area contributed by atoms with Gasteiger partial charge in [-0.3, -0.25) is 0 Å². The Kier molecular flexibility index (Phi) is 3.96. The predicted molar refractivity (Wildman–Crippen MR) is 81.4 cm³/mol. The molecule has 0 aromatic rings. The zero-order chi connectivity index (χ0) is 15.0. The van der Waals surface area contributed by atoms with Gasteiger partial charge in [0.05, 0.1) is 6.10 Å². The summed E-state index contributed by atoms with van der Waals surface area (Å²) in [6, 6.07) is 0. The van der Waals surface area contributed by atoms with Gasteiger partial charge in [-0.2, -0.15) is 0 Å². The number of carbonyl (C=O) groups is 1. The summed E-state index contributed by atoms with van der Waals surface area (Å²) < 4.78 is 10.6. The van der Waals surface area contributed by atoms with Crippen LogP contribution in [0.15, 0.2) is 24.8 Å². The lowest BCUT2D eigenvalue weighted by molar-refractivity contribution is -0.157. The van der Waals surface area contributed by atoms with E-state index in [4.69, 9.17) is 9.47 Å². The van der Waals surface area contributed by atoms with Gasteiger partial charge in [-0.05, 0) is 63.2 Å². The highest BCUT2D eigenvalue weighted by Gasteiger charge is 2.53. The number of hydrogen-bond acceptors (Lipinski definition) is 3. The number of hydrogen-bond donors (Lipinski definition) is 0. The van der Waals surface area contributed by atoms with Crippen molar-refractivity contribution in [2.24, 2.45) is 23.2 Å². The van der Waals surface area contributed by atoms with Crippen LogP contribution < -0.4 is 0 Å². The van der Waals surface area contributed by atoms with Crippen molar-refractivity contribution < 1.29 is 14.3 Å². The molecule has 0 N–H and O–H groups in total. The molecule has 1 atom stereocenters. The monoisotopic (exact) mass is 290 g/mol. The number of esters is 1. The highest BCUT2D eigenvalue weighted by atomic mass is 16.7. The molecular weight excluding hydrogens is 264 g/mol. The van der Waals surface area contributed by atoms with Crippen molar-refractivity contribution in [1.29, 1.82) is 0 Å². The Morgan fingerprint density at radius 3 is 2.24 bits per heavy atom. The second-order valence-electron chi connectivity index (χ2n) is 7.33. The van der Waals surface area contributed by atoms with Crippen molar-refractivity contribution in [2.75, 3.05) is 6.79 Å². The molecule has 0 aromatic carbocycles. The average Bonchev–Trinajstić information content (AvgIpc) is 2.44. The minimum atomic E-state index is -0.270. The molecule has 21 heavy (non-hydrogen) atoms. The minimum Gasteiger partial charge on any atom is -0.435 e. The van der Waals surface area contributed by atoms with Gasteiger partial charge >= 0.3 is 5.97 Å². The zero-order valence-corrected chi connectivity index (χ0v) is 13.0. The van der Waals surface area contributed by atoms with Crippen LogP contribution in [0.5, 0.6) is 0 Å². The van der Waals surface area contributed by atoms with Crippen LogP contribution in [-0.2, 0) is 14.3 Å². The molecule has 3 heteroatoms. The topological polar surface area (TPSA) is 35.5 Å². The fourth-order valence-corrected chi connectivity index (χ4v) is 5.05. The molecule has 4 aliphatic rings. The van der Waals surface area contributed by atoms with Gasteiger partial charge in [0.15, 0.2) is 6.79 Å². The minimum absolute atomic E-state index is 0.0165. The summed E-state index contributed by atoms with van der Waals surface area (Å²) in [6.45, 7) is 9.60. The van der Waals surface area contributed by atoms with Crippen LogP contribution in [0.3, 0.4) is 0 Å². The van der Waals surface area contributed by atoms with E-state index in [0.717, 1.165) is 37.0 Å². The summed E-state index contributed by atoms with van der Waals surface area (Å²) >= 11 is 0. The van der Waals surface area contributed by atoms with Crippen LogP contribution in [0.4, 0.5) is 0 Å². The van der Waals surface area contributed by atoms with Gasteiger partial charge in [0, 0.05) is 11.0 Å². The summed E-state index contributed by atoms with van der Waals surface area (Å²) in [6.07, 6.45) is 9.07. The van der Waals surface area contributed by atoms with E-state index >= 15 is 0 Å². The van der Waals surface area contributed by atoms with E-state index in [-0.39, 0.29) is 24.3 Å². The Hall–Kier alpha value is -1.09. The van der Waals surface area contributed by atoms with Crippen molar-refractivity contribution in [3.63, 3.8) is 0 Å². The van der Waals surface area contributed by atoms with E-state index in [1.54, 1.807) is 6.08 Å². The van der Waals surface area contributed by atoms with Crippen LogP contribution in [0.1, 0.15) is 45.4 Å². The Balaban J connectivity index is 1.59. The fourth-order valence-electron chi connectivity index (χ4n) is 5.05. The van der Waals surface area contributed by atoms with Crippen LogP contribution in [0.25, 0.3) is 0 Å². The lowest BCUT2D eigenvalue weighted by Crippen LogP contribution is -2.48. The highest BCUT2D eigenvalue weighted by Crippen LogP contribution is 2.62. The normalized spacial score (nSPS) is 38.0. The molecule has 4 bridgehead atoms. The molecule has 0 heterocycles. The van der Waals surface area contributed by atoms with Crippen molar-refractivity contribution in [1.82, 2.24) is 0 Å². The predicted octanol–water partition coefficient (Wildman–Crippen LogP) is 3.85. The molecule has 0 radical (unpaired) electrons. The van der Waals surface area contributed by atoms with Gasteiger partial charge in [-0.1, -0.05) is 12.7 Å². The number of rotatable bonds is 6. The van der Waals surface area contributed by atoms with Crippen LogP contribution >= 0.6 is 0 Å². The second kappa shape index (κ2) is 5.60. The van der Waals surface area contributed by atoms with E-state index in [1.807, 2.05) is 6.92 Å². The third-order valence-corrected chi connectivity index (χ3v) is 5.78. The maximum absolute atomic E-state index is 12.3. The molecule has 4 fully saturated rings. The maximum Gasteiger partial charge on any atom is 0.336 e. The maximum atomic E-state index is 12.3. The molecule has 3 nitrogen and oxygen atoms in total. The van der Waals surface area contributed by atoms with Gasteiger partial charge in [0.2, 0.25) is 0 Å². The molecule has 0 amide bonds. The van der Waals surface area contributed by atoms with Crippen molar-refractivity contribution in [3.8, 4) is 0 Å². The van der Waals surface area contributed by atoms with E-state index in [1.165, 1.54) is 19.3 Å². The molecule has 0 spiro atoms. The Morgan fingerprint density at radius 1 is 1.24 bits per heavy atom. The first-order valence-electron chi connectivity index (χ1n) is 8.13. The van der Waals surface area contributed by atoms with Crippen LogP contribution in [0.2, 0.25) is 0 Å². The molecule has 4 saturated carbocycles. The van der Waals surface area contributed by atoms with Crippen LogP contribution in [0, 0.1) is 23.2 Å². The molecule has 4 rings (SSSR count). The molecule has 0 aromatic heterocycles. The molecule has 116 valence electrons. The summed E-state index contributed by atoms with van der Waals surface area (Å²) in [4.78, 5) is 12.3.